The number of aliphatic imine (C=N–C) groups is 1. The first kappa shape index (κ1) is 17.9. The summed E-state index contributed by atoms with van der Waals surface area (Å²) >= 11 is 2.00. The van der Waals surface area contributed by atoms with Crippen molar-refractivity contribution in [1.29, 1.82) is 0 Å². The smallest absolute Gasteiger partial charge is 0.191 e. The number of thioether (sulfide) groups is 1. The van der Waals surface area contributed by atoms with Crippen molar-refractivity contribution in [2.24, 2.45) is 10.7 Å². The van der Waals surface area contributed by atoms with Crippen LogP contribution in [0.1, 0.15) is 38.5 Å². The molecule has 0 atom stereocenters. The molecule has 5 heteroatoms. The predicted molar refractivity (Wildman–Crippen MR) is 106 cm³/mol. The van der Waals surface area contributed by atoms with Crippen molar-refractivity contribution < 1.29 is 0 Å². The summed E-state index contributed by atoms with van der Waals surface area (Å²) in [6, 6.07) is 11.3. The van der Waals surface area contributed by atoms with E-state index in [9.17, 15) is 0 Å². The van der Waals surface area contributed by atoms with Gasteiger partial charge in [-0.3, -0.25) is 4.99 Å². The molecule has 0 radical (unpaired) electrons. The highest BCUT2D eigenvalue weighted by Crippen LogP contribution is 2.45. The minimum atomic E-state index is 0. The van der Waals surface area contributed by atoms with Crippen molar-refractivity contribution in [2.75, 3.05) is 13.6 Å². The third-order valence-electron chi connectivity index (χ3n) is 4.58. The van der Waals surface area contributed by atoms with E-state index in [0.29, 0.717) is 6.04 Å². The summed E-state index contributed by atoms with van der Waals surface area (Å²) in [4.78, 5) is 8.23. The van der Waals surface area contributed by atoms with Gasteiger partial charge in [-0.1, -0.05) is 31.0 Å². The minimum Gasteiger partial charge on any atom is -0.370 e. The molecule has 0 bridgehead atoms. The Kier molecular flexibility index (Phi) is 6.44. The van der Waals surface area contributed by atoms with Crippen LogP contribution in [-0.2, 0) is 0 Å². The molecule has 1 aromatic carbocycles. The molecule has 3 nitrogen and oxygen atoms in total. The van der Waals surface area contributed by atoms with Crippen LogP contribution in [0, 0.1) is 0 Å². The molecule has 0 unspecified atom stereocenters. The second-order valence-corrected chi connectivity index (χ2v) is 7.86. The number of hydrogen-bond acceptors (Lipinski definition) is 2. The second-order valence-electron chi connectivity index (χ2n) is 6.32. The molecule has 122 valence electrons. The zero-order valence-electron chi connectivity index (χ0n) is 13.2. The van der Waals surface area contributed by atoms with E-state index in [-0.39, 0.29) is 28.7 Å². The lowest BCUT2D eigenvalue weighted by Crippen LogP contribution is -2.37. The first-order valence-electron chi connectivity index (χ1n) is 7.95. The summed E-state index contributed by atoms with van der Waals surface area (Å²) in [5, 5.41) is 0. The van der Waals surface area contributed by atoms with Gasteiger partial charge in [-0.05, 0) is 37.8 Å². The first-order valence-corrected chi connectivity index (χ1v) is 8.77. The maximum Gasteiger partial charge on any atom is 0.191 e. The van der Waals surface area contributed by atoms with Crippen LogP contribution in [0.3, 0.4) is 0 Å². The molecular weight excluding hydrogens is 405 g/mol. The van der Waals surface area contributed by atoms with Gasteiger partial charge in [0.25, 0.3) is 0 Å². The van der Waals surface area contributed by atoms with Crippen molar-refractivity contribution in [3.05, 3.63) is 30.3 Å². The van der Waals surface area contributed by atoms with Crippen LogP contribution in [0.5, 0.6) is 0 Å². The lowest BCUT2D eigenvalue weighted by Gasteiger charge is -2.27. The maximum atomic E-state index is 6.16. The Morgan fingerprint density at radius 1 is 1.27 bits per heavy atom. The summed E-state index contributed by atoms with van der Waals surface area (Å²) in [6.45, 7) is 0.843. The third kappa shape index (κ3) is 4.54. The highest BCUT2D eigenvalue weighted by Gasteiger charge is 2.35. The van der Waals surface area contributed by atoms with E-state index in [1.807, 2.05) is 11.8 Å². The molecule has 1 aromatic rings. The average molecular weight is 431 g/mol. The lowest BCUT2D eigenvalue weighted by atomic mass is 10.1. The Balaban J connectivity index is 0.00000176. The second kappa shape index (κ2) is 7.90. The van der Waals surface area contributed by atoms with Gasteiger partial charge in [0.05, 0.1) is 6.54 Å². The first-order chi connectivity index (χ1) is 10.2. The average Bonchev–Trinajstić information content (AvgIpc) is 3.26. The number of nitrogens with two attached hydrogens (primary N) is 1. The molecule has 3 rings (SSSR count). The topological polar surface area (TPSA) is 41.6 Å². The van der Waals surface area contributed by atoms with E-state index in [2.05, 4.69) is 42.3 Å². The monoisotopic (exact) mass is 431 g/mol. The maximum absolute atomic E-state index is 6.16. The van der Waals surface area contributed by atoms with Crippen LogP contribution < -0.4 is 5.73 Å². The van der Waals surface area contributed by atoms with Gasteiger partial charge >= 0.3 is 0 Å². The molecule has 0 aromatic heterocycles. The van der Waals surface area contributed by atoms with Crippen LogP contribution in [-0.4, -0.2) is 35.2 Å². The van der Waals surface area contributed by atoms with Crippen LogP contribution in [0.4, 0.5) is 0 Å². The molecule has 2 saturated carbocycles. The molecule has 0 saturated heterocycles. The zero-order valence-corrected chi connectivity index (χ0v) is 16.3. The molecule has 0 amide bonds. The summed E-state index contributed by atoms with van der Waals surface area (Å²) in [5.74, 6) is 0.720. The van der Waals surface area contributed by atoms with E-state index >= 15 is 0 Å². The van der Waals surface area contributed by atoms with Crippen molar-refractivity contribution in [2.45, 2.75) is 54.2 Å². The molecular formula is C17H26IN3S. The largest absolute Gasteiger partial charge is 0.370 e. The normalized spacial score (nSPS) is 20.5. The Labute approximate surface area is 155 Å². The Bertz CT molecular complexity index is 496. The van der Waals surface area contributed by atoms with Crippen molar-refractivity contribution in [3.63, 3.8) is 0 Å². The van der Waals surface area contributed by atoms with Gasteiger partial charge in [0.1, 0.15) is 0 Å². The fraction of sp³-hybridized carbons (Fsp3) is 0.588. The fourth-order valence-corrected chi connectivity index (χ4v) is 4.45. The van der Waals surface area contributed by atoms with Gasteiger partial charge in [-0.25, -0.2) is 0 Å². The van der Waals surface area contributed by atoms with Crippen LogP contribution in [0.2, 0.25) is 0 Å². The molecule has 22 heavy (non-hydrogen) atoms. The lowest BCUT2D eigenvalue weighted by molar-refractivity contribution is 0.484. The molecule has 2 aliphatic rings. The summed E-state index contributed by atoms with van der Waals surface area (Å²) in [7, 11) is 2.07. The van der Waals surface area contributed by atoms with Gasteiger partial charge in [0, 0.05) is 22.7 Å². The van der Waals surface area contributed by atoms with Gasteiger partial charge in [-0.2, -0.15) is 0 Å². The quantitative estimate of drug-likeness (QED) is 0.433. The van der Waals surface area contributed by atoms with E-state index < -0.39 is 0 Å². The summed E-state index contributed by atoms with van der Waals surface area (Å²) < 4.78 is 0.246. The Hall–Kier alpha value is -0.430. The fourth-order valence-electron chi connectivity index (χ4n) is 3.04. The van der Waals surface area contributed by atoms with E-state index in [4.69, 9.17) is 10.7 Å². The Morgan fingerprint density at radius 2 is 1.91 bits per heavy atom. The number of guanidine groups is 1. The highest BCUT2D eigenvalue weighted by atomic mass is 127. The Morgan fingerprint density at radius 3 is 2.50 bits per heavy atom. The van der Waals surface area contributed by atoms with Gasteiger partial charge in [-0.15, -0.1) is 35.7 Å². The number of hydrogen-bond donors (Lipinski definition) is 1. The molecule has 2 fully saturated rings. The van der Waals surface area contributed by atoms with Gasteiger partial charge < -0.3 is 10.6 Å². The highest BCUT2D eigenvalue weighted by molar-refractivity contribution is 14.0. The van der Waals surface area contributed by atoms with E-state index in [1.165, 1.54) is 43.4 Å². The number of benzene rings is 1. The summed E-state index contributed by atoms with van der Waals surface area (Å²) in [6.07, 6.45) is 7.64. The zero-order chi connectivity index (χ0) is 14.7. The number of nitrogens with zero attached hydrogens (tertiary/aromatic N) is 2. The van der Waals surface area contributed by atoms with E-state index in [1.54, 1.807) is 0 Å². The van der Waals surface area contributed by atoms with Crippen molar-refractivity contribution in [3.8, 4) is 0 Å². The van der Waals surface area contributed by atoms with Crippen LogP contribution in [0.25, 0.3) is 0 Å². The van der Waals surface area contributed by atoms with Crippen molar-refractivity contribution >= 4 is 41.7 Å². The minimum absolute atomic E-state index is 0. The van der Waals surface area contributed by atoms with Crippen molar-refractivity contribution in [1.82, 2.24) is 4.90 Å². The molecule has 0 heterocycles. The SMILES string of the molecule is CN(C(N)=NCC1(Sc2ccccc2)CCCC1)C1CC1.I. The molecule has 0 spiro atoms. The predicted octanol–water partition coefficient (Wildman–Crippen LogP) is 4.12. The third-order valence-corrected chi connectivity index (χ3v) is 6.06. The summed E-state index contributed by atoms with van der Waals surface area (Å²) in [5.41, 5.74) is 6.16. The van der Waals surface area contributed by atoms with Gasteiger partial charge in [0.15, 0.2) is 5.96 Å². The molecule has 2 aliphatic carbocycles. The number of halogens is 1. The number of rotatable bonds is 5. The van der Waals surface area contributed by atoms with E-state index in [0.717, 1.165) is 12.5 Å². The standard InChI is InChI=1S/C17H25N3S.HI/c1-20(14-9-10-14)16(18)19-13-17(11-5-6-12-17)21-15-7-3-2-4-8-15;/h2-4,7-8,14H,5-6,9-13H2,1H3,(H2,18,19);1H. The molecule has 0 aliphatic heterocycles. The van der Waals surface area contributed by atoms with Gasteiger partial charge in [0.2, 0.25) is 0 Å². The van der Waals surface area contributed by atoms with Crippen LogP contribution >= 0.6 is 35.7 Å². The van der Waals surface area contributed by atoms with Crippen LogP contribution in [0.15, 0.2) is 40.2 Å². The molecule has 2 N–H and O–H groups in total.